The third-order valence-electron chi connectivity index (χ3n) is 2.77. The molecule has 2 aromatic heterocycles. The molecule has 2 aromatic rings. The number of primary amides is 1. The van der Waals surface area contributed by atoms with Gasteiger partial charge in [-0.3, -0.25) is 4.79 Å². The second kappa shape index (κ2) is 4.94. The van der Waals surface area contributed by atoms with E-state index in [1.54, 1.807) is 0 Å². The van der Waals surface area contributed by atoms with E-state index >= 15 is 0 Å². The number of aromatic nitrogens is 3. The highest BCUT2D eigenvalue weighted by atomic mass is 32.1. The molecule has 0 aliphatic heterocycles. The van der Waals surface area contributed by atoms with Gasteiger partial charge in [0.25, 0.3) is 5.91 Å². The Morgan fingerprint density at radius 1 is 1.20 bits per heavy atom. The molecule has 0 unspecified atom stereocenters. The van der Waals surface area contributed by atoms with E-state index in [1.165, 1.54) is 11.3 Å². The number of nitrogens with zero attached hydrogens (tertiary/aromatic N) is 3. The molecule has 0 aliphatic rings. The number of carbonyl (C=O) groups excluding carboxylic acids is 1. The zero-order valence-corrected chi connectivity index (χ0v) is 13.1. The number of hydrogen-bond donors (Lipinski definition) is 1. The van der Waals surface area contributed by atoms with E-state index in [1.807, 2.05) is 19.9 Å². The summed E-state index contributed by atoms with van der Waals surface area (Å²) in [5.41, 5.74) is 7.60. The van der Waals surface area contributed by atoms with Crippen molar-refractivity contribution in [3.63, 3.8) is 0 Å². The minimum atomic E-state index is -0.508. The molecule has 6 heteroatoms. The van der Waals surface area contributed by atoms with Crippen LogP contribution in [0.15, 0.2) is 6.07 Å². The van der Waals surface area contributed by atoms with Gasteiger partial charge < -0.3 is 5.73 Å². The monoisotopic (exact) mass is 290 g/mol. The fourth-order valence-electron chi connectivity index (χ4n) is 1.76. The minimum absolute atomic E-state index is 0.133. The maximum absolute atomic E-state index is 11.2. The summed E-state index contributed by atoms with van der Waals surface area (Å²) in [6, 6.07) is 1.90. The van der Waals surface area contributed by atoms with Gasteiger partial charge in [0.2, 0.25) is 0 Å². The molecule has 0 saturated heterocycles. The smallest absolute Gasteiger partial charge is 0.277 e. The molecule has 0 spiro atoms. The van der Waals surface area contributed by atoms with E-state index in [2.05, 4.69) is 35.7 Å². The lowest BCUT2D eigenvalue weighted by Gasteiger charge is -2.17. The van der Waals surface area contributed by atoms with Gasteiger partial charge in [-0.25, -0.2) is 15.0 Å². The average Bonchev–Trinajstić information content (AvgIpc) is 2.69. The summed E-state index contributed by atoms with van der Waals surface area (Å²) in [6.45, 7) is 10.00. The molecular formula is C14H18N4OS. The Labute approximate surface area is 122 Å². The highest BCUT2D eigenvalue weighted by Gasteiger charge is 2.21. The Morgan fingerprint density at radius 3 is 2.35 bits per heavy atom. The van der Waals surface area contributed by atoms with E-state index in [0.29, 0.717) is 5.01 Å². The normalized spacial score (nSPS) is 11.7. The van der Waals surface area contributed by atoms with Crippen LogP contribution < -0.4 is 5.73 Å². The minimum Gasteiger partial charge on any atom is -0.364 e. The first-order chi connectivity index (χ1) is 9.18. The first kappa shape index (κ1) is 14.6. The standard InChI is InChI=1S/C14H18N4OS/c1-7-6-9(18-13(16-7)14(3,4)5)10-8(2)17-12(20-10)11(15)19/h6H,1-5H3,(H2,15,19). The van der Waals surface area contributed by atoms with Crippen molar-refractivity contribution in [2.45, 2.75) is 40.0 Å². The van der Waals surface area contributed by atoms with Gasteiger partial charge in [-0.2, -0.15) is 0 Å². The molecule has 0 radical (unpaired) electrons. The van der Waals surface area contributed by atoms with Gasteiger partial charge >= 0.3 is 0 Å². The number of hydrogen-bond acceptors (Lipinski definition) is 5. The molecular weight excluding hydrogens is 272 g/mol. The van der Waals surface area contributed by atoms with E-state index in [-0.39, 0.29) is 5.41 Å². The van der Waals surface area contributed by atoms with Crippen molar-refractivity contribution in [3.05, 3.63) is 28.3 Å². The van der Waals surface area contributed by atoms with Gasteiger partial charge in [-0.05, 0) is 19.9 Å². The van der Waals surface area contributed by atoms with Crippen LogP contribution in [0.5, 0.6) is 0 Å². The predicted molar refractivity (Wildman–Crippen MR) is 79.8 cm³/mol. The molecule has 2 N–H and O–H groups in total. The lowest BCUT2D eigenvalue weighted by atomic mass is 9.95. The number of aryl methyl sites for hydroxylation is 2. The van der Waals surface area contributed by atoms with Crippen molar-refractivity contribution in [1.82, 2.24) is 15.0 Å². The Bertz CT molecular complexity index is 670. The Kier molecular flexibility index (Phi) is 3.60. The molecule has 5 nitrogen and oxygen atoms in total. The van der Waals surface area contributed by atoms with E-state index in [0.717, 1.165) is 27.8 Å². The summed E-state index contributed by atoms with van der Waals surface area (Å²) in [4.78, 5) is 25.4. The van der Waals surface area contributed by atoms with Crippen molar-refractivity contribution in [2.75, 3.05) is 0 Å². The summed E-state index contributed by atoms with van der Waals surface area (Å²) in [6.07, 6.45) is 0. The molecule has 0 aliphatic carbocycles. The van der Waals surface area contributed by atoms with Crippen LogP contribution in [-0.4, -0.2) is 20.9 Å². The number of rotatable bonds is 2. The highest BCUT2D eigenvalue weighted by Crippen LogP contribution is 2.30. The Balaban J connectivity index is 2.58. The average molecular weight is 290 g/mol. The first-order valence-corrected chi connectivity index (χ1v) is 7.14. The third kappa shape index (κ3) is 2.85. The summed E-state index contributed by atoms with van der Waals surface area (Å²) < 4.78 is 0. The predicted octanol–water partition coefficient (Wildman–Crippen LogP) is 2.61. The Hall–Kier alpha value is -1.82. The molecule has 1 amide bonds. The van der Waals surface area contributed by atoms with E-state index < -0.39 is 5.91 Å². The number of carbonyl (C=O) groups is 1. The fourth-order valence-corrected chi connectivity index (χ4v) is 2.64. The lowest BCUT2D eigenvalue weighted by molar-refractivity contribution is 0.1000. The van der Waals surface area contributed by atoms with Crippen molar-refractivity contribution >= 4 is 17.2 Å². The van der Waals surface area contributed by atoms with Crippen LogP contribution in [0, 0.1) is 13.8 Å². The van der Waals surface area contributed by atoms with E-state index in [4.69, 9.17) is 5.73 Å². The van der Waals surface area contributed by atoms with Crippen LogP contribution in [-0.2, 0) is 5.41 Å². The Morgan fingerprint density at radius 2 is 1.85 bits per heavy atom. The molecule has 0 aromatic carbocycles. The van der Waals surface area contributed by atoms with Crippen LogP contribution in [0.1, 0.15) is 47.8 Å². The van der Waals surface area contributed by atoms with Crippen LogP contribution in [0.4, 0.5) is 0 Å². The topological polar surface area (TPSA) is 81.8 Å². The van der Waals surface area contributed by atoms with Crippen molar-refractivity contribution in [2.24, 2.45) is 5.73 Å². The van der Waals surface area contributed by atoms with Gasteiger partial charge in [-0.15, -0.1) is 11.3 Å². The van der Waals surface area contributed by atoms with Gasteiger partial charge in [-0.1, -0.05) is 20.8 Å². The van der Waals surface area contributed by atoms with Gasteiger partial charge in [0.05, 0.1) is 16.3 Å². The van der Waals surface area contributed by atoms with Gasteiger partial charge in [0, 0.05) is 11.1 Å². The maximum Gasteiger partial charge on any atom is 0.277 e. The van der Waals surface area contributed by atoms with E-state index in [9.17, 15) is 4.79 Å². The van der Waals surface area contributed by atoms with Crippen molar-refractivity contribution < 1.29 is 4.79 Å². The second-order valence-electron chi connectivity index (χ2n) is 5.77. The molecule has 0 atom stereocenters. The highest BCUT2D eigenvalue weighted by molar-refractivity contribution is 7.17. The summed E-state index contributed by atoms with van der Waals surface area (Å²) in [7, 11) is 0. The first-order valence-electron chi connectivity index (χ1n) is 6.32. The van der Waals surface area contributed by atoms with Gasteiger partial charge in [0.15, 0.2) is 5.01 Å². The van der Waals surface area contributed by atoms with Gasteiger partial charge in [0.1, 0.15) is 5.82 Å². The lowest BCUT2D eigenvalue weighted by Crippen LogP contribution is -2.17. The molecule has 20 heavy (non-hydrogen) atoms. The second-order valence-corrected chi connectivity index (χ2v) is 6.77. The third-order valence-corrected chi connectivity index (χ3v) is 3.96. The van der Waals surface area contributed by atoms with Crippen molar-refractivity contribution in [3.8, 4) is 10.6 Å². The summed E-state index contributed by atoms with van der Waals surface area (Å²) in [5, 5.41) is 0.311. The van der Waals surface area contributed by atoms with Crippen LogP contribution in [0.25, 0.3) is 10.6 Å². The molecule has 0 bridgehead atoms. The maximum atomic E-state index is 11.2. The molecule has 0 fully saturated rings. The number of nitrogens with two attached hydrogens (primary N) is 1. The largest absolute Gasteiger partial charge is 0.364 e. The zero-order valence-electron chi connectivity index (χ0n) is 12.3. The molecule has 106 valence electrons. The molecule has 2 rings (SSSR count). The molecule has 2 heterocycles. The molecule has 0 saturated carbocycles. The number of thiazole rings is 1. The number of amides is 1. The van der Waals surface area contributed by atoms with Crippen molar-refractivity contribution in [1.29, 1.82) is 0 Å². The summed E-state index contributed by atoms with van der Waals surface area (Å²) in [5.74, 6) is 0.270. The summed E-state index contributed by atoms with van der Waals surface area (Å²) >= 11 is 1.27. The van der Waals surface area contributed by atoms with Crippen LogP contribution >= 0.6 is 11.3 Å². The fraction of sp³-hybridized carbons (Fsp3) is 0.429. The zero-order chi connectivity index (χ0) is 15.1. The quantitative estimate of drug-likeness (QED) is 0.921. The van der Waals surface area contributed by atoms with Crippen LogP contribution in [0.2, 0.25) is 0 Å². The SMILES string of the molecule is Cc1cc(-c2sc(C(N)=O)nc2C)nc(C(C)(C)C)n1. The van der Waals surface area contributed by atoms with Crippen LogP contribution in [0.3, 0.4) is 0 Å².